The Morgan fingerprint density at radius 1 is 0.745 bits per heavy atom. The van der Waals surface area contributed by atoms with Crippen molar-refractivity contribution in [3.63, 3.8) is 0 Å². The maximum Gasteiger partial charge on any atom is 0.186 e. The lowest BCUT2D eigenvalue weighted by Gasteiger charge is -2.65. The minimum Gasteiger partial charge on any atom is -0.394 e. The Morgan fingerprint density at radius 2 is 1.47 bits per heavy atom. The van der Waals surface area contributed by atoms with Crippen molar-refractivity contribution in [2.24, 2.45) is 50.7 Å². The SMILES string of the molecule is CO[C@@H]1O[C@@H]2C[C@]3(C)[C@@H]4[C@H](O[C@@H]5O[C@H](CO)[C@@H](O)[C@H](O)[C@H]5O)C[C@@H]5C(C)(C)[C@H](O[C@@H]6OC[C@@H](O)[C@H](O)[C@H]6O)CC[C@]56C[C@]46CC[C@]3(C)[C@H]2C[C@@H]1C. The molecule has 5 aliphatic carbocycles. The molecule has 13 nitrogen and oxygen atoms in total. The van der Waals surface area contributed by atoms with Gasteiger partial charge in [0.25, 0.3) is 0 Å². The van der Waals surface area contributed by atoms with Gasteiger partial charge < -0.3 is 64.2 Å². The molecule has 51 heavy (non-hydrogen) atoms. The lowest BCUT2D eigenvalue weighted by Crippen LogP contribution is -2.65. The van der Waals surface area contributed by atoms with E-state index in [9.17, 15) is 35.7 Å². The van der Waals surface area contributed by atoms with Gasteiger partial charge in [-0.25, -0.2) is 0 Å². The van der Waals surface area contributed by atoms with Crippen molar-refractivity contribution >= 4 is 0 Å². The van der Waals surface area contributed by atoms with Crippen molar-refractivity contribution in [2.45, 2.75) is 166 Å². The van der Waals surface area contributed by atoms with E-state index in [0.717, 1.165) is 44.9 Å². The quantitative estimate of drug-likeness (QED) is 0.192. The Labute approximate surface area is 300 Å². The second kappa shape index (κ2) is 12.5. The second-order valence-corrected chi connectivity index (χ2v) is 19.0. The van der Waals surface area contributed by atoms with E-state index in [1.165, 1.54) is 0 Å². The van der Waals surface area contributed by atoms with Crippen molar-refractivity contribution in [1.82, 2.24) is 0 Å². The summed E-state index contributed by atoms with van der Waals surface area (Å²) >= 11 is 0. The maximum atomic E-state index is 11.2. The molecule has 2 spiro atoms. The molecule has 21 atom stereocenters. The molecule has 0 unspecified atom stereocenters. The first-order valence-corrected chi connectivity index (χ1v) is 19.4. The first-order chi connectivity index (χ1) is 24.0. The van der Waals surface area contributed by atoms with Crippen LogP contribution in [-0.4, -0.2) is 136 Å². The zero-order valence-electron chi connectivity index (χ0n) is 31.0. The molecule has 3 saturated heterocycles. The number of rotatable bonds is 6. The largest absolute Gasteiger partial charge is 0.394 e. The average molecular weight is 727 g/mol. The summed E-state index contributed by atoms with van der Waals surface area (Å²) < 4.78 is 37.7. The van der Waals surface area contributed by atoms with Crippen LogP contribution >= 0.6 is 0 Å². The van der Waals surface area contributed by atoms with Gasteiger partial charge in [-0.1, -0.05) is 34.6 Å². The van der Waals surface area contributed by atoms with Crippen LogP contribution in [0.4, 0.5) is 0 Å². The third-order valence-corrected chi connectivity index (χ3v) is 16.7. The van der Waals surface area contributed by atoms with Gasteiger partial charge in [0.1, 0.15) is 42.7 Å². The minimum atomic E-state index is -1.54. The summed E-state index contributed by atoms with van der Waals surface area (Å²) in [5, 5.41) is 73.8. The molecule has 5 saturated carbocycles. The van der Waals surface area contributed by atoms with Crippen LogP contribution in [0.25, 0.3) is 0 Å². The van der Waals surface area contributed by atoms with Crippen LogP contribution < -0.4 is 0 Å². The number of fused-ring (bicyclic) bond motifs is 4. The minimum absolute atomic E-state index is 0.0271. The molecule has 13 heteroatoms. The highest BCUT2D eigenvalue weighted by atomic mass is 16.7. The summed E-state index contributed by atoms with van der Waals surface area (Å²) in [4.78, 5) is 0. The number of hydrogen-bond acceptors (Lipinski definition) is 13. The summed E-state index contributed by atoms with van der Waals surface area (Å²) in [6, 6.07) is 0. The zero-order chi connectivity index (χ0) is 36.6. The molecule has 8 aliphatic rings. The van der Waals surface area contributed by atoms with Gasteiger partial charge in [0.2, 0.25) is 0 Å². The van der Waals surface area contributed by atoms with Crippen molar-refractivity contribution in [3.8, 4) is 0 Å². The number of ether oxygens (including phenoxy) is 6. The summed E-state index contributed by atoms with van der Waals surface area (Å²) in [5.74, 6) is 0.837. The average Bonchev–Trinajstić information content (AvgIpc) is 3.69. The fraction of sp³-hybridized carbons (Fsp3) is 1.00. The Balaban J connectivity index is 1.15. The molecule has 0 aromatic heterocycles. The monoisotopic (exact) mass is 726 g/mol. The maximum absolute atomic E-state index is 11.2. The first-order valence-electron chi connectivity index (χ1n) is 19.4. The summed E-state index contributed by atoms with van der Waals surface area (Å²) in [7, 11) is 1.72. The molecule has 0 amide bonds. The lowest BCUT2D eigenvalue weighted by molar-refractivity contribution is -0.335. The van der Waals surface area contributed by atoms with Crippen molar-refractivity contribution in [1.29, 1.82) is 0 Å². The Morgan fingerprint density at radius 3 is 2.18 bits per heavy atom. The third kappa shape index (κ3) is 5.06. The van der Waals surface area contributed by atoms with Gasteiger partial charge >= 0.3 is 0 Å². The van der Waals surface area contributed by atoms with Crippen LogP contribution in [0.3, 0.4) is 0 Å². The molecule has 0 bridgehead atoms. The Kier molecular flexibility index (Phi) is 9.16. The highest BCUT2D eigenvalue weighted by Gasteiger charge is 2.85. The van der Waals surface area contributed by atoms with Gasteiger partial charge in [0, 0.05) is 13.0 Å². The van der Waals surface area contributed by atoms with Gasteiger partial charge in [0.05, 0.1) is 31.5 Å². The van der Waals surface area contributed by atoms with Crippen LogP contribution in [0.1, 0.15) is 86.0 Å². The fourth-order valence-electron chi connectivity index (χ4n) is 13.9. The molecule has 3 heterocycles. The van der Waals surface area contributed by atoms with Gasteiger partial charge in [0.15, 0.2) is 18.9 Å². The van der Waals surface area contributed by atoms with Crippen molar-refractivity contribution < 1.29 is 64.2 Å². The fourth-order valence-corrected chi connectivity index (χ4v) is 13.9. The molecular weight excluding hydrogens is 664 g/mol. The van der Waals surface area contributed by atoms with Crippen LogP contribution in [0, 0.1) is 50.7 Å². The van der Waals surface area contributed by atoms with Gasteiger partial charge in [-0.2, -0.15) is 0 Å². The number of methoxy groups -OCH3 is 1. The topological polar surface area (TPSA) is 197 Å². The lowest BCUT2D eigenvalue weighted by atomic mass is 9.41. The molecule has 0 aromatic rings. The summed E-state index contributed by atoms with van der Waals surface area (Å²) in [5.41, 5.74) is -0.663. The van der Waals surface area contributed by atoms with E-state index in [1.54, 1.807) is 7.11 Å². The summed E-state index contributed by atoms with van der Waals surface area (Å²) in [6.45, 7) is 10.9. The normalized spacial score (nSPS) is 60.3. The molecule has 3 aliphatic heterocycles. The molecule has 292 valence electrons. The molecule has 8 rings (SSSR count). The molecule has 0 radical (unpaired) electrons. The first kappa shape index (κ1) is 37.4. The van der Waals surface area contributed by atoms with Gasteiger partial charge in [-0.15, -0.1) is 0 Å². The van der Waals surface area contributed by atoms with Crippen molar-refractivity contribution in [2.75, 3.05) is 20.3 Å². The van der Waals surface area contributed by atoms with E-state index >= 15 is 0 Å². The summed E-state index contributed by atoms with van der Waals surface area (Å²) in [6.07, 6.45) is -5.37. The predicted octanol–water partition coefficient (Wildman–Crippen LogP) is 1.05. The molecule has 0 aromatic carbocycles. The number of hydrogen-bond donors (Lipinski definition) is 7. The smallest absolute Gasteiger partial charge is 0.186 e. The second-order valence-electron chi connectivity index (χ2n) is 19.0. The highest BCUT2D eigenvalue weighted by Crippen LogP contribution is 2.89. The highest BCUT2D eigenvalue weighted by molar-refractivity contribution is 5.33. The van der Waals surface area contributed by atoms with E-state index in [2.05, 4.69) is 34.6 Å². The van der Waals surface area contributed by atoms with E-state index < -0.39 is 67.3 Å². The zero-order valence-corrected chi connectivity index (χ0v) is 31.0. The Hall–Kier alpha value is -0.520. The van der Waals surface area contributed by atoms with Gasteiger partial charge in [-0.05, 0) is 96.2 Å². The molecular formula is C38H62O13. The van der Waals surface area contributed by atoms with Crippen LogP contribution in [0.5, 0.6) is 0 Å². The third-order valence-electron chi connectivity index (χ3n) is 16.7. The van der Waals surface area contributed by atoms with Crippen molar-refractivity contribution in [3.05, 3.63) is 0 Å². The van der Waals surface area contributed by atoms with Crippen LogP contribution in [0.2, 0.25) is 0 Å². The van der Waals surface area contributed by atoms with E-state index in [0.29, 0.717) is 12.3 Å². The van der Waals surface area contributed by atoms with E-state index in [4.69, 9.17) is 28.4 Å². The van der Waals surface area contributed by atoms with E-state index in [1.807, 2.05) is 0 Å². The standard InChI is InChI=1S/C38H62O13/c1-17-11-18-21(49-31(17)46-6)13-36(5)30-20(48-33-29(45)27(43)26(42)22(14-39)50-33)12-23-34(2,3)24(51-32-28(44)25(41)19(40)15-47-32)7-8-37(23)16-38(30,37)10-9-35(18,36)4/h17-33,39-45H,7-16H2,1-6H3/t17-,18-,19+,20+,21+,22+,23+,24+,25-,26+,27-,28+,29+,30-,31+,32-,33+,35+,36+,37-,38+/m0/s1. The molecule has 8 fully saturated rings. The van der Waals surface area contributed by atoms with E-state index in [-0.39, 0.29) is 70.6 Å². The molecule has 7 N–H and O–H groups in total. The number of aliphatic hydroxyl groups is 7. The predicted molar refractivity (Wildman–Crippen MR) is 178 cm³/mol. The van der Waals surface area contributed by atoms with Crippen LogP contribution in [-0.2, 0) is 28.4 Å². The van der Waals surface area contributed by atoms with Crippen LogP contribution in [0.15, 0.2) is 0 Å². The number of aliphatic hydroxyl groups excluding tert-OH is 7. The Bertz CT molecular complexity index is 1320. The van der Waals surface area contributed by atoms with Gasteiger partial charge in [-0.3, -0.25) is 0 Å².